The van der Waals surface area contributed by atoms with E-state index in [1.54, 1.807) is 6.08 Å². The third kappa shape index (κ3) is 3.55. The zero-order valence-electron chi connectivity index (χ0n) is 14.1. The second-order valence-corrected chi connectivity index (χ2v) is 6.41. The summed E-state index contributed by atoms with van der Waals surface area (Å²) < 4.78 is 2.39. The molecule has 0 radical (unpaired) electrons. The van der Waals surface area contributed by atoms with Crippen LogP contribution in [0.2, 0.25) is 0 Å². The number of hydrogen-bond acceptors (Lipinski definition) is 1. The monoisotopic (exact) mass is 308 g/mol. The van der Waals surface area contributed by atoms with Crippen LogP contribution in [0.3, 0.4) is 0 Å². The Balaban J connectivity index is 1.63. The van der Waals surface area contributed by atoms with Crippen LogP contribution >= 0.6 is 0 Å². The van der Waals surface area contributed by atoms with Gasteiger partial charge >= 0.3 is 0 Å². The summed E-state index contributed by atoms with van der Waals surface area (Å²) in [4.78, 5) is 12.0. The highest BCUT2D eigenvalue weighted by atomic mass is 16.1. The molecule has 0 bridgehead atoms. The molecule has 2 aromatic rings. The van der Waals surface area contributed by atoms with Crippen molar-refractivity contribution in [2.24, 2.45) is 0 Å². The molecule has 0 unspecified atom stereocenters. The smallest absolute Gasteiger partial charge is 0.244 e. The number of aryl methyl sites for hydroxylation is 2. The molecule has 3 rings (SSSR count). The molecule has 1 aliphatic rings. The number of rotatable bonds is 5. The maximum Gasteiger partial charge on any atom is 0.244 e. The van der Waals surface area contributed by atoms with Crippen LogP contribution in [0.15, 0.2) is 36.4 Å². The highest BCUT2D eigenvalue weighted by molar-refractivity contribution is 5.91. The van der Waals surface area contributed by atoms with Crippen LogP contribution in [0.4, 0.5) is 0 Å². The van der Waals surface area contributed by atoms with E-state index in [1.807, 2.05) is 24.3 Å². The standard InChI is InChI=1S/C20H24N2O/c1-14-6-4-5-7-18(14)13-21-20(23)11-8-17-12-15(2)22(16(17)3)19-9-10-19/h4-8,11-12,19H,9-10,13H2,1-3H3,(H,21,23)/b11-8+. The maximum absolute atomic E-state index is 12.0. The van der Waals surface area contributed by atoms with Crippen molar-refractivity contribution < 1.29 is 4.79 Å². The molecule has 0 atom stereocenters. The first-order chi connectivity index (χ1) is 11.1. The van der Waals surface area contributed by atoms with Crippen LogP contribution in [-0.2, 0) is 11.3 Å². The number of carbonyl (C=O) groups excluding carboxylic acids is 1. The number of amides is 1. The van der Waals surface area contributed by atoms with Crippen molar-refractivity contribution >= 4 is 12.0 Å². The zero-order chi connectivity index (χ0) is 16.4. The van der Waals surface area contributed by atoms with Crippen LogP contribution < -0.4 is 5.32 Å². The average molecular weight is 308 g/mol. The van der Waals surface area contributed by atoms with Gasteiger partial charge in [-0.05, 0) is 62.4 Å². The van der Waals surface area contributed by atoms with E-state index in [-0.39, 0.29) is 5.91 Å². The van der Waals surface area contributed by atoms with Crippen molar-refractivity contribution in [3.8, 4) is 0 Å². The molecule has 1 aliphatic carbocycles. The maximum atomic E-state index is 12.0. The molecular formula is C20H24N2O. The first kappa shape index (κ1) is 15.6. The summed E-state index contributed by atoms with van der Waals surface area (Å²) >= 11 is 0. The van der Waals surface area contributed by atoms with Gasteiger partial charge in [-0.2, -0.15) is 0 Å². The fourth-order valence-electron chi connectivity index (χ4n) is 3.08. The molecule has 1 aromatic carbocycles. The largest absolute Gasteiger partial charge is 0.348 e. The molecule has 3 heteroatoms. The number of benzene rings is 1. The van der Waals surface area contributed by atoms with Crippen LogP contribution in [-0.4, -0.2) is 10.5 Å². The Bertz CT molecular complexity index is 751. The van der Waals surface area contributed by atoms with Crippen molar-refractivity contribution in [3.63, 3.8) is 0 Å². The van der Waals surface area contributed by atoms with Gasteiger partial charge in [0.25, 0.3) is 0 Å². The fourth-order valence-corrected chi connectivity index (χ4v) is 3.08. The van der Waals surface area contributed by atoms with E-state index in [0.29, 0.717) is 12.6 Å². The minimum atomic E-state index is -0.0514. The molecule has 23 heavy (non-hydrogen) atoms. The number of aromatic nitrogens is 1. The fraction of sp³-hybridized carbons (Fsp3) is 0.350. The summed E-state index contributed by atoms with van der Waals surface area (Å²) in [5, 5.41) is 2.95. The molecule has 120 valence electrons. The first-order valence-corrected chi connectivity index (χ1v) is 8.25. The van der Waals surface area contributed by atoms with Crippen LogP contribution in [0.25, 0.3) is 6.08 Å². The molecule has 1 fully saturated rings. The second kappa shape index (κ2) is 6.45. The van der Waals surface area contributed by atoms with Crippen LogP contribution in [0.1, 0.15) is 47.0 Å². The topological polar surface area (TPSA) is 34.0 Å². The van der Waals surface area contributed by atoms with Gasteiger partial charge in [0.15, 0.2) is 0 Å². The zero-order valence-corrected chi connectivity index (χ0v) is 14.1. The molecular weight excluding hydrogens is 284 g/mol. The quantitative estimate of drug-likeness (QED) is 0.830. The van der Waals surface area contributed by atoms with E-state index in [1.165, 1.54) is 29.8 Å². The lowest BCUT2D eigenvalue weighted by atomic mass is 10.1. The molecule has 3 nitrogen and oxygen atoms in total. The summed E-state index contributed by atoms with van der Waals surface area (Å²) in [5.41, 5.74) is 6.03. The number of nitrogens with zero attached hydrogens (tertiary/aromatic N) is 1. The summed E-state index contributed by atoms with van der Waals surface area (Å²) in [6.07, 6.45) is 6.11. The van der Waals surface area contributed by atoms with Crippen molar-refractivity contribution in [1.82, 2.24) is 9.88 Å². The lowest BCUT2D eigenvalue weighted by Gasteiger charge is -2.07. The van der Waals surface area contributed by atoms with Gasteiger partial charge in [-0.15, -0.1) is 0 Å². The predicted molar refractivity (Wildman–Crippen MR) is 94.2 cm³/mol. The van der Waals surface area contributed by atoms with Gasteiger partial charge < -0.3 is 9.88 Å². The SMILES string of the molecule is Cc1ccccc1CNC(=O)/C=C/c1cc(C)n(C2CC2)c1C. The second-order valence-electron chi connectivity index (χ2n) is 6.41. The van der Waals surface area contributed by atoms with Gasteiger partial charge in [-0.1, -0.05) is 24.3 Å². The van der Waals surface area contributed by atoms with Gasteiger partial charge in [0.2, 0.25) is 5.91 Å². The van der Waals surface area contributed by atoms with Crippen molar-refractivity contribution in [2.45, 2.75) is 46.2 Å². The minimum Gasteiger partial charge on any atom is -0.348 e. The van der Waals surface area contributed by atoms with Crippen LogP contribution in [0, 0.1) is 20.8 Å². The molecule has 0 aliphatic heterocycles. The Morgan fingerprint density at radius 3 is 2.70 bits per heavy atom. The lowest BCUT2D eigenvalue weighted by Crippen LogP contribution is -2.20. The van der Waals surface area contributed by atoms with Gasteiger partial charge in [0.05, 0.1) is 0 Å². The highest BCUT2D eigenvalue weighted by Gasteiger charge is 2.26. The van der Waals surface area contributed by atoms with E-state index in [4.69, 9.17) is 0 Å². The average Bonchev–Trinajstić information content (AvgIpc) is 3.31. The Labute approximate surface area is 138 Å². The van der Waals surface area contributed by atoms with Crippen molar-refractivity contribution in [2.75, 3.05) is 0 Å². The summed E-state index contributed by atoms with van der Waals surface area (Å²) in [5.74, 6) is -0.0514. The van der Waals surface area contributed by atoms with Crippen LogP contribution in [0.5, 0.6) is 0 Å². The minimum absolute atomic E-state index is 0.0514. The van der Waals surface area contributed by atoms with Gasteiger partial charge in [0.1, 0.15) is 0 Å². The van der Waals surface area contributed by atoms with E-state index >= 15 is 0 Å². The van der Waals surface area contributed by atoms with Gasteiger partial charge in [0, 0.05) is 30.1 Å². The Kier molecular flexibility index (Phi) is 4.37. The van der Waals surface area contributed by atoms with Gasteiger partial charge in [-0.25, -0.2) is 0 Å². The molecule has 1 amide bonds. The summed E-state index contributed by atoms with van der Waals surface area (Å²) in [6.45, 7) is 6.90. The van der Waals surface area contributed by atoms with Crippen molar-refractivity contribution in [3.05, 3.63) is 64.5 Å². The van der Waals surface area contributed by atoms with Gasteiger partial charge in [-0.3, -0.25) is 4.79 Å². The Morgan fingerprint density at radius 2 is 2.00 bits per heavy atom. The van der Waals surface area contributed by atoms with E-state index in [9.17, 15) is 4.79 Å². The summed E-state index contributed by atoms with van der Waals surface area (Å²) in [7, 11) is 0. The molecule has 1 heterocycles. The third-order valence-electron chi connectivity index (χ3n) is 4.56. The molecule has 1 aromatic heterocycles. The first-order valence-electron chi connectivity index (χ1n) is 8.25. The third-order valence-corrected chi connectivity index (χ3v) is 4.56. The predicted octanol–water partition coefficient (Wildman–Crippen LogP) is 4.08. The number of nitrogens with one attached hydrogen (secondary N) is 1. The molecule has 1 N–H and O–H groups in total. The molecule has 1 saturated carbocycles. The van der Waals surface area contributed by atoms with E-state index < -0.39 is 0 Å². The van der Waals surface area contributed by atoms with E-state index in [0.717, 1.165) is 11.1 Å². The van der Waals surface area contributed by atoms with E-state index in [2.05, 4.69) is 42.8 Å². The molecule has 0 saturated heterocycles. The Hall–Kier alpha value is -2.29. The number of hydrogen-bond donors (Lipinski definition) is 1. The Morgan fingerprint density at radius 1 is 1.26 bits per heavy atom. The molecule has 0 spiro atoms. The number of carbonyl (C=O) groups is 1. The highest BCUT2D eigenvalue weighted by Crippen LogP contribution is 2.38. The summed E-state index contributed by atoms with van der Waals surface area (Å²) in [6, 6.07) is 10.9. The lowest BCUT2D eigenvalue weighted by molar-refractivity contribution is -0.116. The van der Waals surface area contributed by atoms with Crippen molar-refractivity contribution in [1.29, 1.82) is 0 Å². The normalized spacial score (nSPS) is 14.4.